The van der Waals surface area contributed by atoms with Crippen LogP contribution in [0.5, 0.6) is 0 Å². The van der Waals surface area contributed by atoms with E-state index in [1.807, 2.05) is 6.92 Å². The van der Waals surface area contributed by atoms with E-state index in [1.54, 1.807) is 14.0 Å². The first kappa shape index (κ1) is 19.2. The fraction of sp³-hybridized carbons (Fsp3) is 0.923. The van der Waals surface area contributed by atoms with Crippen molar-refractivity contribution in [3.05, 3.63) is 0 Å². The van der Waals surface area contributed by atoms with E-state index in [9.17, 15) is 23.1 Å². The molecule has 0 bridgehead atoms. The van der Waals surface area contributed by atoms with Gasteiger partial charge in [-0.05, 0) is 45.8 Å². The summed E-state index contributed by atoms with van der Waals surface area (Å²) in [7, 11) is 1.57. The van der Waals surface area contributed by atoms with E-state index >= 15 is 0 Å². The van der Waals surface area contributed by atoms with E-state index in [2.05, 4.69) is 5.32 Å². The highest BCUT2D eigenvalue weighted by Crippen LogP contribution is 2.20. The van der Waals surface area contributed by atoms with Crippen LogP contribution in [0.2, 0.25) is 0 Å². The molecule has 0 aliphatic heterocycles. The number of carboxylic acids is 1. The number of nitrogens with zero attached hydrogens (tertiary/aromatic N) is 1. The molecule has 0 heterocycles. The van der Waals surface area contributed by atoms with Crippen molar-refractivity contribution in [1.29, 1.82) is 0 Å². The number of carboxylic acid groups (broad SMARTS) is 1. The molecule has 0 saturated carbocycles. The number of alkyl halides is 3. The second-order valence-electron chi connectivity index (χ2n) is 4.99. The molecule has 0 aromatic heterocycles. The smallest absolute Gasteiger partial charge is 0.401 e. The Kier molecular flexibility index (Phi) is 8.12. The first-order valence-electron chi connectivity index (χ1n) is 6.92. The molecule has 0 aliphatic rings. The van der Waals surface area contributed by atoms with E-state index < -0.39 is 24.2 Å². The molecule has 1 unspecified atom stereocenters. The van der Waals surface area contributed by atoms with Crippen LogP contribution in [-0.4, -0.2) is 54.4 Å². The quantitative estimate of drug-likeness (QED) is 0.650. The van der Waals surface area contributed by atoms with Gasteiger partial charge < -0.3 is 10.4 Å². The van der Waals surface area contributed by atoms with Crippen molar-refractivity contribution in [2.75, 3.05) is 26.7 Å². The highest BCUT2D eigenvalue weighted by atomic mass is 19.4. The topological polar surface area (TPSA) is 52.6 Å². The molecule has 0 aromatic rings. The Morgan fingerprint density at radius 1 is 1.25 bits per heavy atom. The molecule has 0 aromatic carbocycles. The zero-order valence-corrected chi connectivity index (χ0v) is 12.4. The van der Waals surface area contributed by atoms with Gasteiger partial charge in [0.15, 0.2) is 0 Å². The average Bonchev–Trinajstić information content (AvgIpc) is 2.33. The summed E-state index contributed by atoms with van der Waals surface area (Å²) in [6.07, 6.45) is -2.46. The fourth-order valence-electron chi connectivity index (χ4n) is 2.29. The summed E-state index contributed by atoms with van der Waals surface area (Å²) in [6, 6.07) is 0. The molecule has 7 heteroatoms. The van der Waals surface area contributed by atoms with Crippen LogP contribution in [0.3, 0.4) is 0 Å². The summed E-state index contributed by atoms with van der Waals surface area (Å²) in [5.74, 6) is -0.958. The molecule has 1 atom stereocenters. The predicted octanol–water partition coefficient (Wildman–Crippen LogP) is 2.49. The monoisotopic (exact) mass is 298 g/mol. The summed E-state index contributed by atoms with van der Waals surface area (Å²) in [5, 5.41) is 12.0. The average molecular weight is 298 g/mol. The van der Waals surface area contributed by atoms with Crippen LogP contribution in [0.15, 0.2) is 0 Å². The first-order chi connectivity index (χ1) is 9.20. The molecule has 120 valence electrons. The molecule has 0 amide bonds. The maximum atomic E-state index is 12.4. The number of aliphatic carboxylic acids is 1. The van der Waals surface area contributed by atoms with Gasteiger partial charge in [0.2, 0.25) is 0 Å². The van der Waals surface area contributed by atoms with Crippen LogP contribution in [-0.2, 0) is 4.79 Å². The maximum absolute atomic E-state index is 12.4. The van der Waals surface area contributed by atoms with Crippen LogP contribution < -0.4 is 5.32 Å². The first-order valence-corrected chi connectivity index (χ1v) is 6.92. The second-order valence-corrected chi connectivity index (χ2v) is 4.99. The van der Waals surface area contributed by atoms with Crippen molar-refractivity contribution >= 4 is 5.97 Å². The highest BCUT2D eigenvalue weighted by Gasteiger charge is 2.35. The molecule has 2 N–H and O–H groups in total. The summed E-state index contributed by atoms with van der Waals surface area (Å²) >= 11 is 0. The molecular formula is C13H25F3N2O2. The molecule has 0 spiro atoms. The normalized spacial score (nSPS) is 15.3. The van der Waals surface area contributed by atoms with Gasteiger partial charge in [-0.15, -0.1) is 0 Å². The van der Waals surface area contributed by atoms with Gasteiger partial charge in [-0.3, -0.25) is 9.69 Å². The molecule has 0 saturated heterocycles. The largest absolute Gasteiger partial charge is 0.480 e. The van der Waals surface area contributed by atoms with Gasteiger partial charge in [-0.2, -0.15) is 13.2 Å². The third-order valence-corrected chi connectivity index (χ3v) is 3.51. The number of rotatable bonds is 10. The zero-order chi connectivity index (χ0) is 15.8. The number of carbonyl (C=O) groups is 1. The van der Waals surface area contributed by atoms with Crippen LogP contribution in [0, 0.1) is 0 Å². The zero-order valence-electron chi connectivity index (χ0n) is 12.4. The Bertz CT molecular complexity index is 292. The molecular weight excluding hydrogens is 273 g/mol. The summed E-state index contributed by atoms with van der Waals surface area (Å²) < 4.78 is 37.2. The van der Waals surface area contributed by atoms with Gasteiger partial charge >= 0.3 is 12.1 Å². The standard InChI is InChI=1S/C13H25F3N2O2/c1-4-8-18(10-13(14,15)16)9-6-7-12(5-2,17-3)11(19)20/h17H,4-10H2,1-3H3,(H,19,20). The van der Waals surface area contributed by atoms with E-state index in [0.717, 1.165) is 0 Å². The Balaban J connectivity index is 4.44. The molecule has 4 nitrogen and oxygen atoms in total. The lowest BCUT2D eigenvalue weighted by molar-refractivity contribution is -0.148. The van der Waals surface area contributed by atoms with Crippen LogP contribution in [0.1, 0.15) is 39.5 Å². The van der Waals surface area contributed by atoms with Gasteiger partial charge in [0.1, 0.15) is 5.54 Å². The lowest BCUT2D eigenvalue weighted by Gasteiger charge is -2.29. The van der Waals surface area contributed by atoms with Crippen molar-refractivity contribution in [2.45, 2.75) is 51.2 Å². The minimum atomic E-state index is -4.22. The van der Waals surface area contributed by atoms with E-state index in [1.165, 1.54) is 4.90 Å². The minimum Gasteiger partial charge on any atom is -0.480 e. The number of likely N-dealkylation sites (N-methyl/N-ethyl adjacent to an activating group) is 1. The summed E-state index contributed by atoms with van der Waals surface area (Å²) in [5.41, 5.74) is -1.05. The number of hydrogen-bond donors (Lipinski definition) is 2. The Hall–Kier alpha value is -0.820. The molecule has 20 heavy (non-hydrogen) atoms. The van der Waals surface area contributed by atoms with E-state index in [4.69, 9.17) is 0 Å². The third-order valence-electron chi connectivity index (χ3n) is 3.51. The number of nitrogens with one attached hydrogen (secondary N) is 1. The molecule has 0 radical (unpaired) electrons. The minimum absolute atomic E-state index is 0.254. The second kappa shape index (κ2) is 8.46. The fourth-order valence-corrected chi connectivity index (χ4v) is 2.29. The summed E-state index contributed by atoms with van der Waals surface area (Å²) in [6.45, 7) is 3.26. The number of halogens is 3. The van der Waals surface area contributed by atoms with Gasteiger partial charge in [-0.25, -0.2) is 0 Å². The van der Waals surface area contributed by atoms with Crippen molar-refractivity contribution in [3.8, 4) is 0 Å². The molecule has 0 rings (SSSR count). The van der Waals surface area contributed by atoms with Crippen LogP contribution >= 0.6 is 0 Å². The Labute approximate surface area is 118 Å². The van der Waals surface area contributed by atoms with Crippen LogP contribution in [0.4, 0.5) is 13.2 Å². The van der Waals surface area contributed by atoms with Crippen molar-refractivity contribution in [3.63, 3.8) is 0 Å². The molecule has 0 aliphatic carbocycles. The van der Waals surface area contributed by atoms with Gasteiger partial charge in [0.05, 0.1) is 6.54 Å². The lowest BCUT2D eigenvalue weighted by atomic mass is 9.90. The van der Waals surface area contributed by atoms with Crippen molar-refractivity contribution in [1.82, 2.24) is 10.2 Å². The van der Waals surface area contributed by atoms with E-state index in [0.29, 0.717) is 32.2 Å². The van der Waals surface area contributed by atoms with Gasteiger partial charge in [-0.1, -0.05) is 13.8 Å². The Morgan fingerprint density at radius 2 is 1.85 bits per heavy atom. The SMILES string of the molecule is CCCN(CCCC(CC)(NC)C(=O)O)CC(F)(F)F. The predicted molar refractivity (Wildman–Crippen MR) is 71.7 cm³/mol. The Morgan fingerprint density at radius 3 is 2.20 bits per heavy atom. The lowest BCUT2D eigenvalue weighted by Crippen LogP contribution is -2.50. The highest BCUT2D eigenvalue weighted by molar-refractivity contribution is 5.78. The van der Waals surface area contributed by atoms with Gasteiger partial charge in [0.25, 0.3) is 0 Å². The van der Waals surface area contributed by atoms with Gasteiger partial charge in [0, 0.05) is 0 Å². The van der Waals surface area contributed by atoms with Crippen molar-refractivity contribution in [2.24, 2.45) is 0 Å². The van der Waals surface area contributed by atoms with E-state index in [-0.39, 0.29) is 6.54 Å². The molecule has 0 fully saturated rings. The third kappa shape index (κ3) is 6.56. The van der Waals surface area contributed by atoms with Crippen molar-refractivity contribution < 1.29 is 23.1 Å². The maximum Gasteiger partial charge on any atom is 0.401 e. The number of hydrogen-bond acceptors (Lipinski definition) is 3. The van der Waals surface area contributed by atoms with Crippen LogP contribution in [0.25, 0.3) is 0 Å². The summed E-state index contributed by atoms with van der Waals surface area (Å²) in [4.78, 5) is 12.6.